The number of phenols is 1. The van der Waals surface area contributed by atoms with E-state index in [2.05, 4.69) is 52.0 Å². The summed E-state index contributed by atoms with van der Waals surface area (Å²) in [6.45, 7) is 9.06. The van der Waals surface area contributed by atoms with Crippen LogP contribution in [-0.4, -0.2) is 5.11 Å². The van der Waals surface area contributed by atoms with Gasteiger partial charge < -0.3 is 5.11 Å². The van der Waals surface area contributed by atoms with Crippen LogP contribution in [0.2, 0.25) is 0 Å². The minimum absolute atomic E-state index is 0.00519. The van der Waals surface area contributed by atoms with Gasteiger partial charge in [-0.3, -0.25) is 0 Å². The van der Waals surface area contributed by atoms with E-state index in [1.165, 1.54) is 11.1 Å². The molecule has 0 unspecified atom stereocenters. The predicted octanol–water partition coefficient (Wildman–Crippen LogP) is 4.65. The van der Waals surface area contributed by atoms with Gasteiger partial charge in [0.25, 0.3) is 0 Å². The molecule has 2 aromatic rings. The molecule has 0 aliphatic rings. The minimum Gasteiger partial charge on any atom is -0.508 e. The molecule has 0 radical (unpaired) electrons. The van der Waals surface area contributed by atoms with Crippen molar-refractivity contribution < 1.29 is 5.11 Å². The van der Waals surface area contributed by atoms with Crippen LogP contribution in [0.4, 0.5) is 0 Å². The Balaban J connectivity index is 2.46. The fraction of sp³-hybridized carbons (Fsp3) is 0.333. The van der Waals surface area contributed by atoms with Crippen molar-refractivity contribution in [1.82, 2.24) is 0 Å². The van der Waals surface area contributed by atoms with Crippen LogP contribution in [0.1, 0.15) is 38.8 Å². The lowest BCUT2D eigenvalue weighted by molar-refractivity contribution is 0.302. The van der Waals surface area contributed by atoms with Crippen molar-refractivity contribution >= 4 is 0 Å². The van der Waals surface area contributed by atoms with Crippen molar-refractivity contribution in [2.75, 3.05) is 0 Å². The van der Waals surface area contributed by atoms with Crippen molar-refractivity contribution in [1.29, 1.82) is 0 Å². The molecule has 2 rings (SSSR count). The van der Waals surface area contributed by atoms with Gasteiger partial charge in [0, 0.05) is 0 Å². The van der Waals surface area contributed by atoms with Crippen LogP contribution in [0.5, 0.6) is 5.75 Å². The van der Waals surface area contributed by atoms with Crippen LogP contribution in [-0.2, 0) is 10.8 Å². The first-order valence-electron chi connectivity index (χ1n) is 6.71. The van der Waals surface area contributed by atoms with Crippen molar-refractivity contribution in [2.24, 2.45) is 0 Å². The highest BCUT2D eigenvalue weighted by Crippen LogP contribution is 2.43. The second-order valence-corrected chi connectivity index (χ2v) is 6.16. The quantitative estimate of drug-likeness (QED) is 0.845. The van der Waals surface area contributed by atoms with E-state index in [9.17, 15) is 5.11 Å². The lowest BCUT2D eigenvalue weighted by Gasteiger charge is -2.43. The van der Waals surface area contributed by atoms with Crippen molar-refractivity contribution in [3.63, 3.8) is 0 Å². The third-order valence-corrected chi connectivity index (χ3v) is 4.65. The van der Waals surface area contributed by atoms with Crippen molar-refractivity contribution in [3.8, 4) is 5.75 Å². The molecule has 0 saturated carbocycles. The maximum Gasteiger partial charge on any atom is 0.115 e. The molecule has 0 saturated heterocycles. The molecule has 1 nitrogen and oxygen atoms in total. The molecule has 100 valence electrons. The summed E-state index contributed by atoms with van der Waals surface area (Å²) in [5.74, 6) is 0.317. The van der Waals surface area contributed by atoms with Gasteiger partial charge in [0.05, 0.1) is 0 Å². The summed E-state index contributed by atoms with van der Waals surface area (Å²) in [4.78, 5) is 0. The highest BCUT2D eigenvalue weighted by molar-refractivity contribution is 5.38. The van der Waals surface area contributed by atoms with Crippen LogP contribution >= 0.6 is 0 Å². The summed E-state index contributed by atoms with van der Waals surface area (Å²) in [5.41, 5.74) is 2.54. The summed E-state index contributed by atoms with van der Waals surface area (Å²) in [6.07, 6.45) is 0. The van der Waals surface area contributed by atoms with E-state index in [0.29, 0.717) is 5.75 Å². The normalized spacial score (nSPS) is 12.4. The van der Waals surface area contributed by atoms with Gasteiger partial charge in [-0.1, -0.05) is 70.2 Å². The first-order valence-corrected chi connectivity index (χ1v) is 6.71. The SMILES string of the molecule is CC(C)(c1ccccc1)C(C)(C)c1ccc(O)cc1. The average Bonchev–Trinajstić information content (AvgIpc) is 2.40. The molecular weight excluding hydrogens is 232 g/mol. The lowest BCUT2D eigenvalue weighted by Crippen LogP contribution is -2.40. The summed E-state index contributed by atoms with van der Waals surface area (Å²) in [5, 5.41) is 9.44. The predicted molar refractivity (Wildman–Crippen MR) is 80.6 cm³/mol. The second-order valence-electron chi connectivity index (χ2n) is 6.16. The van der Waals surface area contributed by atoms with E-state index in [1.54, 1.807) is 12.1 Å². The molecule has 0 fully saturated rings. The van der Waals surface area contributed by atoms with Gasteiger partial charge in [0.2, 0.25) is 0 Å². The topological polar surface area (TPSA) is 20.2 Å². The monoisotopic (exact) mass is 254 g/mol. The largest absolute Gasteiger partial charge is 0.508 e. The first kappa shape index (κ1) is 13.7. The van der Waals surface area contributed by atoms with E-state index in [-0.39, 0.29) is 10.8 Å². The fourth-order valence-corrected chi connectivity index (χ4v) is 2.45. The van der Waals surface area contributed by atoms with Crippen LogP contribution in [0, 0.1) is 0 Å². The zero-order valence-corrected chi connectivity index (χ0v) is 12.1. The zero-order chi connectivity index (χ0) is 14.1. The van der Waals surface area contributed by atoms with E-state index in [1.807, 2.05) is 18.2 Å². The van der Waals surface area contributed by atoms with E-state index >= 15 is 0 Å². The Labute approximate surface area is 115 Å². The Kier molecular flexibility index (Phi) is 3.40. The van der Waals surface area contributed by atoms with Crippen LogP contribution in [0.15, 0.2) is 54.6 Å². The standard InChI is InChI=1S/C18H22O/c1-17(2,14-8-6-5-7-9-14)18(3,4)15-10-12-16(19)13-11-15/h5-13,19H,1-4H3. The third kappa shape index (κ3) is 2.37. The van der Waals surface area contributed by atoms with Gasteiger partial charge in [0.15, 0.2) is 0 Å². The summed E-state index contributed by atoms with van der Waals surface area (Å²) in [6, 6.07) is 18.1. The molecule has 0 atom stereocenters. The number of aromatic hydroxyl groups is 1. The molecule has 1 heteroatoms. The van der Waals surface area contributed by atoms with Gasteiger partial charge >= 0.3 is 0 Å². The minimum atomic E-state index is -0.0257. The van der Waals surface area contributed by atoms with E-state index in [0.717, 1.165) is 0 Å². The molecule has 0 heterocycles. The fourth-order valence-electron chi connectivity index (χ4n) is 2.45. The Hall–Kier alpha value is -1.76. The van der Waals surface area contributed by atoms with Crippen LogP contribution in [0.25, 0.3) is 0 Å². The number of rotatable bonds is 3. The van der Waals surface area contributed by atoms with Crippen LogP contribution in [0.3, 0.4) is 0 Å². The molecule has 2 aromatic carbocycles. The molecule has 0 spiro atoms. The average molecular weight is 254 g/mol. The number of phenolic OH excluding ortho intramolecular Hbond substituents is 1. The molecule has 0 bridgehead atoms. The third-order valence-electron chi connectivity index (χ3n) is 4.65. The number of hydrogen-bond donors (Lipinski definition) is 1. The lowest BCUT2D eigenvalue weighted by atomic mass is 9.61. The first-order chi connectivity index (χ1) is 8.85. The highest BCUT2D eigenvalue weighted by atomic mass is 16.3. The maximum atomic E-state index is 9.44. The second kappa shape index (κ2) is 4.73. The van der Waals surface area contributed by atoms with Crippen molar-refractivity contribution in [2.45, 2.75) is 38.5 Å². The Bertz CT molecular complexity index is 536. The molecule has 0 aromatic heterocycles. The number of hydrogen-bond acceptors (Lipinski definition) is 1. The van der Waals surface area contributed by atoms with E-state index < -0.39 is 0 Å². The molecule has 0 aliphatic carbocycles. The molecule has 0 aliphatic heterocycles. The van der Waals surface area contributed by atoms with Crippen molar-refractivity contribution in [3.05, 3.63) is 65.7 Å². The number of benzene rings is 2. The summed E-state index contributed by atoms with van der Waals surface area (Å²) < 4.78 is 0. The summed E-state index contributed by atoms with van der Waals surface area (Å²) in [7, 11) is 0. The molecule has 0 amide bonds. The van der Waals surface area contributed by atoms with Gasteiger partial charge in [-0.05, 0) is 34.1 Å². The zero-order valence-electron chi connectivity index (χ0n) is 12.1. The smallest absolute Gasteiger partial charge is 0.115 e. The van der Waals surface area contributed by atoms with Gasteiger partial charge in [-0.25, -0.2) is 0 Å². The molecule has 19 heavy (non-hydrogen) atoms. The Morgan fingerprint density at radius 2 is 1.05 bits per heavy atom. The summed E-state index contributed by atoms with van der Waals surface area (Å²) >= 11 is 0. The van der Waals surface area contributed by atoms with E-state index in [4.69, 9.17) is 0 Å². The van der Waals surface area contributed by atoms with Crippen LogP contribution < -0.4 is 0 Å². The highest BCUT2D eigenvalue weighted by Gasteiger charge is 2.39. The van der Waals surface area contributed by atoms with Gasteiger partial charge in [-0.2, -0.15) is 0 Å². The molecule has 1 N–H and O–H groups in total. The van der Waals surface area contributed by atoms with Gasteiger partial charge in [-0.15, -0.1) is 0 Å². The maximum absolute atomic E-state index is 9.44. The Morgan fingerprint density at radius 3 is 1.53 bits per heavy atom. The Morgan fingerprint density at radius 1 is 0.632 bits per heavy atom. The molecular formula is C18H22O. The van der Waals surface area contributed by atoms with Gasteiger partial charge in [0.1, 0.15) is 5.75 Å².